The molecule has 0 spiro atoms. The maximum atomic E-state index is 12.5. The standard InChI is InChI=1S/C12H10F6/c1-3-7(2)8-4-9(11(13,14)15)6-10(5-8)12(16,17)18/h3-7H,1H2,2H3. The Bertz CT molecular complexity index is 409. The highest BCUT2D eigenvalue weighted by Gasteiger charge is 2.37. The Morgan fingerprint density at radius 2 is 1.33 bits per heavy atom. The molecule has 100 valence electrons. The molecule has 1 aromatic carbocycles. The molecule has 0 radical (unpaired) electrons. The molecule has 0 fully saturated rings. The Hall–Kier alpha value is -1.46. The van der Waals surface area contributed by atoms with Crippen molar-refractivity contribution in [2.24, 2.45) is 0 Å². The largest absolute Gasteiger partial charge is 0.416 e. The Balaban J connectivity index is 3.43. The van der Waals surface area contributed by atoms with Gasteiger partial charge in [-0.05, 0) is 29.7 Å². The van der Waals surface area contributed by atoms with Crippen LogP contribution >= 0.6 is 0 Å². The summed E-state index contributed by atoms with van der Waals surface area (Å²) in [6.45, 7) is 4.83. The highest BCUT2D eigenvalue weighted by molar-refractivity contribution is 5.36. The highest BCUT2D eigenvalue weighted by Crippen LogP contribution is 2.37. The smallest absolute Gasteiger partial charge is 0.166 e. The number of hydrogen-bond acceptors (Lipinski definition) is 0. The molecule has 0 bridgehead atoms. The van der Waals surface area contributed by atoms with Crippen molar-refractivity contribution in [2.45, 2.75) is 25.2 Å². The Labute approximate surface area is 99.9 Å². The van der Waals surface area contributed by atoms with Crippen LogP contribution in [0.1, 0.15) is 29.5 Å². The van der Waals surface area contributed by atoms with Gasteiger partial charge in [0, 0.05) is 0 Å². The van der Waals surface area contributed by atoms with Crippen LogP contribution in [0.4, 0.5) is 26.3 Å². The number of halogens is 6. The summed E-state index contributed by atoms with van der Waals surface area (Å²) in [5.41, 5.74) is -2.67. The minimum absolute atomic E-state index is 0.0628. The third-order valence-electron chi connectivity index (χ3n) is 2.49. The Morgan fingerprint density at radius 1 is 0.944 bits per heavy atom. The van der Waals surface area contributed by atoms with E-state index in [-0.39, 0.29) is 11.6 Å². The van der Waals surface area contributed by atoms with E-state index in [4.69, 9.17) is 0 Å². The van der Waals surface area contributed by atoms with Gasteiger partial charge in [-0.25, -0.2) is 0 Å². The first kappa shape index (κ1) is 14.6. The fourth-order valence-electron chi connectivity index (χ4n) is 1.38. The fraction of sp³-hybridized carbons (Fsp3) is 0.333. The minimum atomic E-state index is -4.81. The van der Waals surface area contributed by atoms with Gasteiger partial charge < -0.3 is 0 Å². The van der Waals surface area contributed by atoms with Gasteiger partial charge in [0.1, 0.15) is 0 Å². The molecule has 18 heavy (non-hydrogen) atoms. The van der Waals surface area contributed by atoms with E-state index >= 15 is 0 Å². The Kier molecular flexibility index (Phi) is 3.78. The lowest BCUT2D eigenvalue weighted by molar-refractivity contribution is -0.143. The zero-order chi connectivity index (χ0) is 14.1. The normalized spacial score (nSPS) is 14.4. The van der Waals surface area contributed by atoms with Crippen molar-refractivity contribution in [3.05, 3.63) is 47.5 Å². The molecule has 0 aliphatic carbocycles. The van der Waals surface area contributed by atoms with Gasteiger partial charge in [0.15, 0.2) is 0 Å². The molecule has 6 heteroatoms. The average molecular weight is 268 g/mol. The molecule has 0 amide bonds. The lowest BCUT2D eigenvalue weighted by Gasteiger charge is -2.16. The summed E-state index contributed by atoms with van der Waals surface area (Å²) in [6.07, 6.45) is -8.33. The lowest BCUT2D eigenvalue weighted by Crippen LogP contribution is -2.12. The van der Waals surface area contributed by atoms with Gasteiger partial charge in [-0.2, -0.15) is 26.3 Å². The predicted molar refractivity (Wildman–Crippen MR) is 55.1 cm³/mol. The summed E-state index contributed by atoms with van der Waals surface area (Å²) >= 11 is 0. The molecule has 1 atom stereocenters. The summed E-state index contributed by atoms with van der Waals surface area (Å²) in [5, 5.41) is 0. The van der Waals surface area contributed by atoms with Crippen LogP contribution in [0.25, 0.3) is 0 Å². The van der Waals surface area contributed by atoms with Crippen molar-refractivity contribution in [3.8, 4) is 0 Å². The van der Waals surface area contributed by atoms with Gasteiger partial charge in [-0.3, -0.25) is 0 Å². The number of benzene rings is 1. The van der Waals surface area contributed by atoms with E-state index < -0.39 is 29.4 Å². The van der Waals surface area contributed by atoms with Crippen molar-refractivity contribution in [1.82, 2.24) is 0 Å². The quantitative estimate of drug-likeness (QED) is 0.522. The first-order valence-electron chi connectivity index (χ1n) is 4.97. The average Bonchev–Trinajstić information content (AvgIpc) is 2.25. The zero-order valence-corrected chi connectivity index (χ0v) is 9.36. The predicted octanol–water partition coefficient (Wildman–Crippen LogP) is 5.01. The van der Waals surface area contributed by atoms with Crippen LogP contribution in [0, 0.1) is 0 Å². The summed E-state index contributed by atoms with van der Waals surface area (Å²) in [5.74, 6) is -0.589. The highest BCUT2D eigenvalue weighted by atomic mass is 19.4. The second-order valence-corrected chi connectivity index (χ2v) is 3.86. The summed E-state index contributed by atoms with van der Waals surface area (Å²) in [4.78, 5) is 0. The van der Waals surface area contributed by atoms with Crippen molar-refractivity contribution in [1.29, 1.82) is 0 Å². The summed E-state index contributed by atoms with van der Waals surface area (Å²) in [6, 6.07) is 1.53. The molecule has 1 unspecified atom stereocenters. The molecule has 0 saturated carbocycles. The van der Waals surface area contributed by atoms with Crippen molar-refractivity contribution in [3.63, 3.8) is 0 Å². The monoisotopic (exact) mass is 268 g/mol. The van der Waals surface area contributed by atoms with E-state index in [1.807, 2.05) is 0 Å². The minimum Gasteiger partial charge on any atom is -0.166 e. The first-order valence-corrected chi connectivity index (χ1v) is 4.97. The molecule has 0 aliphatic rings. The molecule has 0 heterocycles. The van der Waals surface area contributed by atoms with E-state index in [2.05, 4.69) is 6.58 Å². The number of alkyl halides is 6. The molecule has 0 aliphatic heterocycles. The summed E-state index contributed by atoms with van der Waals surface area (Å²) in [7, 11) is 0. The maximum absolute atomic E-state index is 12.5. The van der Waals surface area contributed by atoms with E-state index in [0.29, 0.717) is 12.1 Å². The Morgan fingerprint density at radius 3 is 1.61 bits per heavy atom. The number of allylic oxidation sites excluding steroid dienone is 1. The number of rotatable bonds is 2. The van der Waals surface area contributed by atoms with Gasteiger partial charge in [-0.1, -0.05) is 13.0 Å². The topological polar surface area (TPSA) is 0 Å². The van der Waals surface area contributed by atoms with Crippen LogP contribution in [0.5, 0.6) is 0 Å². The van der Waals surface area contributed by atoms with Gasteiger partial charge in [0.2, 0.25) is 0 Å². The van der Waals surface area contributed by atoms with Crippen LogP contribution < -0.4 is 0 Å². The molecular formula is C12H10F6. The van der Waals surface area contributed by atoms with E-state index in [0.717, 1.165) is 0 Å². The van der Waals surface area contributed by atoms with E-state index in [9.17, 15) is 26.3 Å². The van der Waals surface area contributed by atoms with Gasteiger partial charge in [0.05, 0.1) is 11.1 Å². The van der Waals surface area contributed by atoms with Crippen molar-refractivity contribution >= 4 is 0 Å². The van der Waals surface area contributed by atoms with Crippen LogP contribution in [-0.4, -0.2) is 0 Å². The van der Waals surface area contributed by atoms with Crippen molar-refractivity contribution < 1.29 is 26.3 Å². The SMILES string of the molecule is C=CC(C)c1cc(C(F)(F)F)cc(C(F)(F)F)c1. The summed E-state index contributed by atoms with van der Waals surface area (Å²) < 4.78 is 75.1. The second-order valence-electron chi connectivity index (χ2n) is 3.86. The third kappa shape index (κ3) is 3.27. The van der Waals surface area contributed by atoms with Gasteiger partial charge in [0.25, 0.3) is 0 Å². The lowest BCUT2D eigenvalue weighted by atomic mass is 9.96. The van der Waals surface area contributed by atoms with E-state index in [1.165, 1.54) is 13.0 Å². The van der Waals surface area contributed by atoms with Gasteiger partial charge >= 0.3 is 12.4 Å². The second kappa shape index (κ2) is 4.66. The molecule has 0 saturated heterocycles. The number of hydrogen-bond donors (Lipinski definition) is 0. The van der Waals surface area contributed by atoms with Crippen LogP contribution in [0.2, 0.25) is 0 Å². The molecule has 1 aromatic rings. The van der Waals surface area contributed by atoms with Gasteiger partial charge in [-0.15, -0.1) is 6.58 Å². The fourth-order valence-corrected chi connectivity index (χ4v) is 1.38. The molecular weight excluding hydrogens is 258 g/mol. The van der Waals surface area contributed by atoms with E-state index in [1.54, 1.807) is 0 Å². The first-order chi connectivity index (χ1) is 8.05. The third-order valence-corrected chi connectivity index (χ3v) is 2.49. The van der Waals surface area contributed by atoms with Crippen molar-refractivity contribution in [2.75, 3.05) is 0 Å². The zero-order valence-electron chi connectivity index (χ0n) is 9.36. The maximum Gasteiger partial charge on any atom is 0.416 e. The van der Waals surface area contributed by atoms with Crippen LogP contribution in [0.3, 0.4) is 0 Å². The van der Waals surface area contributed by atoms with Crippen LogP contribution in [0.15, 0.2) is 30.9 Å². The molecule has 0 N–H and O–H groups in total. The molecule has 0 nitrogen and oxygen atoms in total. The van der Waals surface area contributed by atoms with Crippen LogP contribution in [-0.2, 0) is 12.4 Å². The molecule has 0 aromatic heterocycles. The molecule has 1 rings (SSSR count).